The SMILES string of the molecule is CN(Cc1ccccc1)C1(n2ccc3cccnc32)CCCC1. The standard InChI is InChI=1S/C20H23N3/c1-22(16-17-8-3-2-4-9-17)20(12-5-6-13-20)23-15-11-18-10-7-14-21-19(18)23/h2-4,7-11,14-15H,5-6,12-13,16H2,1H3. The lowest BCUT2D eigenvalue weighted by Crippen LogP contribution is -2.46. The Bertz CT molecular complexity index is 785. The van der Waals surface area contributed by atoms with Gasteiger partial charge in [-0.3, -0.25) is 4.90 Å². The summed E-state index contributed by atoms with van der Waals surface area (Å²) < 4.78 is 2.41. The molecule has 0 amide bonds. The monoisotopic (exact) mass is 305 g/mol. The third-order valence-corrected chi connectivity index (χ3v) is 5.27. The Morgan fingerprint density at radius 1 is 1.04 bits per heavy atom. The van der Waals surface area contributed by atoms with Crippen LogP contribution < -0.4 is 0 Å². The molecule has 1 aliphatic carbocycles. The van der Waals surface area contributed by atoms with Crippen molar-refractivity contribution < 1.29 is 0 Å². The first kappa shape index (κ1) is 14.5. The molecule has 3 aromatic rings. The number of fused-ring (bicyclic) bond motifs is 1. The Kier molecular flexibility index (Phi) is 3.66. The van der Waals surface area contributed by atoms with Crippen molar-refractivity contribution in [2.24, 2.45) is 0 Å². The lowest BCUT2D eigenvalue weighted by molar-refractivity contribution is 0.0442. The lowest BCUT2D eigenvalue weighted by Gasteiger charge is -2.40. The summed E-state index contributed by atoms with van der Waals surface area (Å²) in [7, 11) is 2.26. The van der Waals surface area contributed by atoms with Gasteiger partial charge in [0.25, 0.3) is 0 Å². The van der Waals surface area contributed by atoms with Crippen LogP contribution in [-0.2, 0) is 12.2 Å². The number of pyridine rings is 1. The zero-order valence-corrected chi connectivity index (χ0v) is 13.7. The fourth-order valence-electron chi connectivity index (χ4n) is 4.05. The molecule has 0 atom stereocenters. The predicted molar refractivity (Wildman–Crippen MR) is 94.1 cm³/mol. The number of aromatic nitrogens is 2. The Morgan fingerprint density at radius 3 is 2.61 bits per heavy atom. The molecule has 1 fully saturated rings. The number of nitrogens with zero attached hydrogens (tertiary/aromatic N) is 3. The van der Waals surface area contributed by atoms with Gasteiger partial charge < -0.3 is 4.57 Å². The topological polar surface area (TPSA) is 21.1 Å². The average molecular weight is 305 g/mol. The molecule has 0 bridgehead atoms. The summed E-state index contributed by atoms with van der Waals surface area (Å²) in [5, 5.41) is 1.23. The third kappa shape index (κ3) is 2.45. The first-order valence-electron chi connectivity index (χ1n) is 8.47. The highest BCUT2D eigenvalue weighted by atomic mass is 15.3. The molecule has 0 spiro atoms. The Balaban J connectivity index is 1.74. The molecule has 23 heavy (non-hydrogen) atoms. The van der Waals surface area contributed by atoms with Gasteiger partial charge in [-0.05, 0) is 56.5 Å². The molecule has 0 saturated heterocycles. The molecule has 1 aromatic carbocycles. The third-order valence-electron chi connectivity index (χ3n) is 5.27. The van der Waals surface area contributed by atoms with Gasteiger partial charge in [0.15, 0.2) is 0 Å². The van der Waals surface area contributed by atoms with Gasteiger partial charge in [-0.25, -0.2) is 4.98 Å². The molecule has 0 N–H and O–H groups in total. The summed E-state index contributed by atoms with van der Waals surface area (Å²) in [6.45, 7) is 0.966. The molecule has 4 rings (SSSR count). The van der Waals surface area contributed by atoms with Crippen LogP contribution in [0.2, 0.25) is 0 Å². The fourth-order valence-corrected chi connectivity index (χ4v) is 4.05. The molecule has 2 aromatic heterocycles. The van der Waals surface area contributed by atoms with Crippen molar-refractivity contribution in [1.29, 1.82) is 0 Å². The summed E-state index contributed by atoms with van der Waals surface area (Å²) in [5.41, 5.74) is 2.52. The predicted octanol–water partition coefficient (Wildman–Crippen LogP) is 4.40. The van der Waals surface area contributed by atoms with E-state index < -0.39 is 0 Å². The smallest absolute Gasteiger partial charge is 0.141 e. The normalized spacial score (nSPS) is 17.1. The van der Waals surface area contributed by atoms with Crippen LogP contribution in [0.5, 0.6) is 0 Å². The number of rotatable bonds is 4. The van der Waals surface area contributed by atoms with Crippen LogP contribution in [0.15, 0.2) is 60.9 Å². The van der Waals surface area contributed by atoms with Crippen molar-refractivity contribution in [3.63, 3.8) is 0 Å². The van der Waals surface area contributed by atoms with E-state index in [2.05, 4.69) is 70.2 Å². The maximum Gasteiger partial charge on any atom is 0.141 e. The van der Waals surface area contributed by atoms with Gasteiger partial charge in [0.2, 0.25) is 0 Å². The number of benzene rings is 1. The first-order valence-corrected chi connectivity index (χ1v) is 8.47. The van der Waals surface area contributed by atoms with E-state index in [1.54, 1.807) is 0 Å². The van der Waals surface area contributed by atoms with Crippen LogP contribution in [0.4, 0.5) is 0 Å². The van der Waals surface area contributed by atoms with Gasteiger partial charge in [0.05, 0.1) is 5.66 Å². The molecule has 1 saturated carbocycles. The molecule has 0 unspecified atom stereocenters. The van der Waals surface area contributed by atoms with Crippen LogP contribution in [0.1, 0.15) is 31.2 Å². The second-order valence-electron chi connectivity index (χ2n) is 6.63. The van der Waals surface area contributed by atoms with E-state index >= 15 is 0 Å². The summed E-state index contributed by atoms with van der Waals surface area (Å²) in [6.07, 6.45) is 9.08. The van der Waals surface area contributed by atoms with Crippen LogP contribution in [-0.4, -0.2) is 21.5 Å². The van der Waals surface area contributed by atoms with Gasteiger partial charge in [-0.1, -0.05) is 30.3 Å². The van der Waals surface area contributed by atoms with Crippen molar-refractivity contribution in [1.82, 2.24) is 14.5 Å². The van der Waals surface area contributed by atoms with Gasteiger partial charge >= 0.3 is 0 Å². The average Bonchev–Trinajstić information content (AvgIpc) is 3.23. The van der Waals surface area contributed by atoms with Crippen LogP contribution >= 0.6 is 0 Å². The molecule has 0 aliphatic heterocycles. The van der Waals surface area contributed by atoms with Gasteiger partial charge in [-0.2, -0.15) is 0 Å². The van der Waals surface area contributed by atoms with E-state index in [4.69, 9.17) is 0 Å². The second-order valence-corrected chi connectivity index (χ2v) is 6.63. The van der Waals surface area contributed by atoms with Crippen molar-refractivity contribution in [2.75, 3.05) is 7.05 Å². The van der Waals surface area contributed by atoms with E-state index in [0.29, 0.717) is 0 Å². The van der Waals surface area contributed by atoms with Crippen molar-refractivity contribution >= 4 is 11.0 Å². The summed E-state index contributed by atoms with van der Waals surface area (Å²) in [5.74, 6) is 0. The van der Waals surface area contributed by atoms with E-state index in [1.165, 1.54) is 36.6 Å². The van der Waals surface area contributed by atoms with Crippen LogP contribution in [0.3, 0.4) is 0 Å². The fraction of sp³-hybridized carbons (Fsp3) is 0.350. The maximum absolute atomic E-state index is 4.66. The Morgan fingerprint density at radius 2 is 1.83 bits per heavy atom. The van der Waals surface area contributed by atoms with Gasteiger partial charge in [0.1, 0.15) is 5.65 Å². The quantitative estimate of drug-likeness (QED) is 0.712. The van der Waals surface area contributed by atoms with Crippen LogP contribution in [0, 0.1) is 0 Å². The molecular formula is C20H23N3. The molecule has 2 heterocycles. The van der Waals surface area contributed by atoms with Crippen molar-refractivity contribution in [3.8, 4) is 0 Å². The summed E-state index contributed by atoms with van der Waals surface area (Å²) in [4.78, 5) is 7.17. The number of hydrogen-bond donors (Lipinski definition) is 0. The van der Waals surface area contributed by atoms with E-state index in [0.717, 1.165) is 12.2 Å². The highest BCUT2D eigenvalue weighted by Gasteiger charge is 2.40. The van der Waals surface area contributed by atoms with Gasteiger partial charge in [-0.15, -0.1) is 0 Å². The highest BCUT2D eigenvalue weighted by Crippen LogP contribution is 2.41. The first-order chi connectivity index (χ1) is 11.3. The molecule has 0 radical (unpaired) electrons. The minimum Gasteiger partial charge on any atom is -0.314 e. The molecule has 3 heteroatoms. The van der Waals surface area contributed by atoms with Crippen molar-refractivity contribution in [2.45, 2.75) is 37.9 Å². The molecule has 1 aliphatic rings. The lowest BCUT2D eigenvalue weighted by atomic mass is 10.1. The second kappa shape index (κ2) is 5.82. The Hall–Kier alpha value is -2.13. The molecular weight excluding hydrogens is 282 g/mol. The minimum atomic E-state index is 0.0476. The molecule has 118 valence electrons. The van der Waals surface area contributed by atoms with E-state index in [9.17, 15) is 0 Å². The zero-order valence-electron chi connectivity index (χ0n) is 13.7. The maximum atomic E-state index is 4.66. The molecule has 3 nitrogen and oxygen atoms in total. The van der Waals surface area contributed by atoms with E-state index in [-0.39, 0.29) is 5.66 Å². The minimum absolute atomic E-state index is 0.0476. The van der Waals surface area contributed by atoms with Crippen LogP contribution in [0.25, 0.3) is 11.0 Å². The summed E-state index contributed by atoms with van der Waals surface area (Å²) >= 11 is 0. The Labute approximate surface area is 137 Å². The largest absolute Gasteiger partial charge is 0.314 e. The highest BCUT2D eigenvalue weighted by molar-refractivity contribution is 5.76. The number of hydrogen-bond acceptors (Lipinski definition) is 2. The van der Waals surface area contributed by atoms with Crippen molar-refractivity contribution in [3.05, 3.63) is 66.5 Å². The zero-order chi connectivity index (χ0) is 15.7. The van der Waals surface area contributed by atoms with Gasteiger partial charge in [0, 0.05) is 24.3 Å². The van der Waals surface area contributed by atoms with E-state index in [1.807, 2.05) is 12.3 Å². The summed E-state index contributed by atoms with van der Waals surface area (Å²) in [6, 6.07) is 17.1.